The predicted molar refractivity (Wildman–Crippen MR) is 76.1 cm³/mol. The molecule has 0 spiro atoms. The Kier molecular flexibility index (Phi) is 2.32. The number of rotatable bonds is 2. The molecule has 7 heteroatoms. The summed E-state index contributed by atoms with van der Waals surface area (Å²) in [7, 11) is 1.98. The minimum absolute atomic E-state index is 0.299. The molecular formula is C13H13N7. The van der Waals surface area contributed by atoms with Gasteiger partial charge in [0.1, 0.15) is 0 Å². The molecule has 3 heterocycles. The SMILES string of the molecule is CN1N=CC2C=C(Nc3[nH]nc4nccnc34)C=CC21. The van der Waals surface area contributed by atoms with Crippen LogP contribution in [-0.2, 0) is 0 Å². The maximum atomic E-state index is 4.30. The van der Waals surface area contributed by atoms with Crippen molar-refractivity contribution in [3.63, 3.8) is 0 Å². The highest BCUT2D eigenvalue weighted by Crippen LogP contribution is 2.26. The summed E-state index contributed by atoms with van der Waals surface area (Å²) in [5.41, 5.74) is 2.35. The van der Waals surface area contributed by atoms with Gasteiger partial charge in [0.05, 0.1) is 6.04 Å². The molecule has 20 heavy (non-hydrogen) atoms. The average molecular weight is 267 g/mol. The Morgan fingerprint density at radius 3 is 3.15 bits per heavy atom. The summed E-state index contributed by atoms with van der Waals surface area (Å²) in [5, 5.41) is 16.6. The Labute approximate surface area is 115 Å². The number of nitrogens with one attached hydrogen (secondary N) is 2. The number of aromatic nitrogens is 4. The normalized spacial score (nSPS) is 24.1. The second kappa shape index (κ2) is 4.16. The highest BCUT2D eigenvalue weighted by molar-refractivity contribution is 5.83. The van der Waals surface area contributed by atoms with Crippen LogP contribution in [0, 0.1) is 5.92 Å². The molecule has 2 atom stereocenters. The van der Waals surface area contributed by atoms with Crippen LogP contribution in [0.2, 0.25) is 0 Å². The minimum atomic E-state index is 0.299. The minimum Gasteiger partial charge on any atom is -0.339 e. The van der Waals surface area contributed by atoms with E-state index >= 15 is 0 Å². The summed E-state index contributed by atoms with van der Waals surface area (Å²) in [5.74, 6) is 1.05. The Morgan fingerprint density at radius 1 is 1.30 bits per heavy atom. The molecule has 1 aliphatic heterocycles. The monoisotopic (exact) mass is 267 g/mol. The van der Waals surface area contributed by atoms with Crippen molar-refractivity contribution in [2.75, 3.05) is 12.4 Å². The lowest BCUT2D eigenvalue weighted by atomic mass is 9.96. The molecule has 7 nitrogen and oxygen atoms in total. The molecule has 2 aromatic rings. The largest absolute Gasteiger partial charge is 0.339 e. The van der Waals surface area contributed by atoms with Crippen LogP contribution in [-0.4, -0.2) is 44.5 Å². The first kappa shape index (κ1) is 11.2. The Hall–Kier alpha value is -2.70. The number of nitrogens with zero attached hydrogens (tertiary/aromatic N) is 5. The summed E-state index contributed by atoms with van der Waals surface area (Å²) >= 11 is 0. The fraction of sp³-hybridized carbons (Fsp3) is 0.231. The predicted octanol–water partition coefficient (Wildman–Crippen LogP) is 1.13. The third-order valence-electron chi connectivity index (χ3n) is 3.55. The van der Waals surface area contributed by atoms with Gasteiger partial charge in [0.15, 0.2) is 11.3 Å². The molecule has 2 N–H and O–H groups in total. The number of anilines is 1. The Morgan fingerprint density at radius 2 is 2.20 bits per heavy atom. The molecule has 0 fully saturated rings. The molecule has 1 aliphatic carbocycles. The third kappa shape index (κ3) is 1.67. The lowest BCUT2D eigenvalue weighted by Crippen LogP contribution is -2.28. The standard InChI is InChI=1S/C13H13N7/c1-20-10-3-2-9(6-8(10)7-16-20)17-13-11-12(18-19-13)15-5-4-14-11/h2-8,10H,1H3,(H2,15,17,18,19). The molecule has 2 aliphatic rings. The van der Waals surface area contributed by atoms with E-state index in [1.807, 2.05) is 18.3 Å². The maximum Gasteiger partial charge on any atom is 0.201 e. The summed E-state index contributed by atoms with van der Waals surface area (Å²) in [6, 6.07) is 0.318. The van der Waals surface area contributed by atoms with Gasteiger partial charge in [-0.2, -0.15) is 10.2 Å². The lowest BCUT2D eigenvalue weighted by Gasteiger charge is -2.23. The van der Waals surface area contributed by atoms with Crippen molar-refractivity contribution < 1.29 is 0 Å². The number of H-pyrrole nitrogens is 1. The first-order valence-corrected chi connectivity index (χ1v) is 6.40. The molecule has 100 valence electrons. The van der Waals surface area contributed by atoms with Gasteiger partial charge in [0.25, 0.3) is 0 Å². The van der Waals surface area contributed by atoms with Gasteiger partial charge in [-0.25, -0.2) is 9.97 Å². The molecule has 0 saturated heterocycles. The van der Waals surface area contributed by atoms with E-state index in [0.717, 1.165) is 17.0 Å². The van der Waals surface area contributed by atoms with E-state index in [2.05, 4.69) is 48.8 Å². The van der Waals surface area contributed by atoms with E-state index in [1.54, 1.807) is 12.4 Å². The van der Waals surface area contributed by atoms with Gasteiger partial charge in [-0.05, 0) is 12.2 Å². The molecule has 0 bridgehead atoms. The Balaban J connectivity index is 1.62. The van der Waals surface area contributed by atoms with Gasteiger partial charge < -0.3 is 5.32 Å². The van der Waals surface area contributed by atoms with Crippen molar-refractivity contribution in [2.24, 2.45) is 11.0 Å². The van der Waals surface area contributed by atoms with Gasteiger partial charge in [0, 0.05) is 37.3 Å². The van der Waals surface area contributed by atoms with Crippen molar-refractivity contribution in [1.29, 1.82) is 0 Å². The third-order valence-corrected chi connectivity index (χ3v) is 3.55. The quantitative estimate of drug-likeness (QED) is 0.852. The number of hydrogen-bond acceptors (Lipinski definition) is 6. The zero-order chi connectivity index (χ0) is 13.5. The molecule has 0 amide bonds. The van der Waals surface area contributed by atoms with Crippen molar-refractivity contribution in [3.05, 3.63) is 36.3 Å². The number of fused-ring (bicyclic) bond motifs is 2. The van der Waals surface area contributed by atoms with Crippen LogP contribution in [0.5, 0.6) is 0 Å². The van der Waals surface area contributed by atoms with Crippen LogP contribution in [0.1, 0.15) is 0 Å². The number of likely N-dealkylation sites (N-methyl/N-ethyl adjacent to an activating group) is 1. The van der Waals surface area contributed by atoms with E-state index in [1.165, 1.54) is 0 Å². The van der Waals surface area contributed by atoms with Gasteiger partial charge in [-0.1, -0.05) is 6.08 Å². The second-order valence-corrected chi connectivity index (χ2v) is 4.84. The van der Waals surface area contributed by atoms with Crippen LogP contribution >= 0.6 is 0 Å². The number of hydrogen-bond donors (Lipinski definition) is 2. The van der Waals surface area contributed by atoms with Crippen LogP contribution < -0.4 is 5.32 Å². The number of allylic oxidation sites excluding steroid dienone is 1. The van der Waals surface area contributed by atoms with Gasteiger partial charge in [-0.3, -0.25) is 10.1 Å². The molecule has 0 saturated carbocycles. The molecule has 2 unspecified atom stereocenters. The first-order valence-electron chi connectivity index (χ1n) is 6.40. The summed E-state index contributed by atoms with van der Waals surface area (Å²) in [4.78, 5) is 8.43. The zero-order valence-electron chi connectivity index (χ0n) is 10.9. The van der Waals surface area contributed by atoms with Crippen LogP contribution in [0.25, 0.3) is 11.2 Å². The lowest BCUT2D eigenvalue weighted by molar-refractivity contribution is 0.307. The molecule has 2 aromatic heterocycles. The van der Waals surface area contributed by atoms with Crippen LogP contribution in [0.15, 0.2) is 41.4 Å². The van der Waals surface area contributed by atoms with Crippen molar-refractivity contribution >= 4 is 23.2 Å². The van der Waals surface area contributed by atoms with E-state index in [4.69, 9.17) is 0 Å². The van der Waals surface area contributed by atoms with Crippen molar-refractivity contribution in [3.8, 4) is 0 Å². The summed E-state index contributed by atoms with van der Waals surface area (Å²) in [6.45, 7) is 0. The highest BCUT2D eigenvalue weighted by Gasteiger charge is 2.27. The van der Waals surface area contributed by atoms with E-state index in [9.17, 15) is 0 Å². The van der Waals surface area contributed by atoms with E-state index in [0.29, 0.717) is 17.6 Å². The smallest absolute Gasteiger partial charge is 0.201 e. The first-order chi connectivity index (χ1) is 9.81. The van der Waals surface area contributed by atoms with Gasteiger partial charge in [0.2, 0.25) is 5.65 Å². The Bertz CT molecular complexity index is 742. The zero-order valence-corrected chi connectivity index (χ0v) is 10.9. The van der Waals surface area contributed by atoms with E-state index in [-0.39, 0.29) is 0 Å². The molecule has 0 radical (unpaired) electrons. The van der Waals surface area contributed by atoms with Gasteiger partial charge >= 0.3 is 0 Å². The fourth-order valence-corrected chi connectivity index (χ4v) is 2.52. The fourth-order valence-electron chi connectivity index (χ4n) is 2.52. The topological polar surface area (TPSA) is 82.1 Å². The van der Waals surface area contributed by atoms with Crippen LogP contribution in [0.4, 0.5) is 5.82 Å². The summed E-state index contributed by atoms with van der Waals surface area (Å²) < 4.78 is 0. The number of hydrazone groups is 1. The molecule has 0 aromatic carbocycles. The highest BCUT2D eigenvalue weighted by atomic mass is 15.5. The molecule has 4 rings (SSSR count). The van der Waals surface area contributed by atoms with E-state index < -0.39 is 0 Å². The van der Waals surface area contributed by atoms with Crippen molar-refractivity contribution in [2.45, 2.75) is 6.04 Å². The van der Waals surface area contributed by atoms with Crippen LogP contribution in [0.3, 0.4) is 0 Å². The van der Waals surface area contributed by atoms with Crippen molar-refractivity contribution in [1.82, 2.24) is 25.2 Å². The summed E-state index contributed by atoms with van der Waals surface area (Å²) in [6.07, 6.45) is 11.6. The molecular weight excluding hydrogens is 254 g/mol. The van der Waals surface area contributed by atoms with Gasteiger partial charge in [-0.15, -0.1) is 0 Å². The average Bonchev–Trinajstić information content (AvgIpc) is 3.04. The number of aromatic amines is 1. The second-order valence-electron chi connectivity index (χ2n) is 4.84. The maximum absolute atomic E-state index is 4.30.